The topological polar surface area (TPSA) is 35.5 Å². The zero-order chi connectivity index (χ0) is 18.2. The largest absolute Gasteiger partial charge is 0.347 e. The van der Waals surface area contributed by atoms with Crippen LogP contribution in [0.1, 0.15) is 51.9 Å². The second-order valence-electron chi connectivity index (χ2n) is 11.0. The summed E-state index contributed by atoms with van der Waals surface area (Å²) < 4.78 is 13.6. The van der Waals surface area contributed by atoms with Crippen molar-refractivity contribution in [1.29, 1.82) is 0 Å². The number of fused-ring (bicyclic) bond motifs is 7. The Labute approximate surface area is 175 Å². The Morgan fingerprint density at radius 3 is 2.67 bits per heavy atom. The Morgan fingerprint density at radius 1 is 1.07 bits per heavy atom. The highest BCUT2D eigenvalue weighted by atomic mass is 127. The molecule has 4 heteroatoms. The molecular weight excluding hydrogens is 451 g/mol. The van der Waals surface area contributed by atoms with E-state index in [0.29, 0.717) is 23.0 Å². The molecule has 7 rings (SSSR count). The van der Waals surface area contributed by atoms with Crippen molar-refractivity contribution >= 4 is 28.4 Å². The summed E-state index contributed by atoms with van der Waals surface area (Å²) >= 11 is 2.51. The summed E-state index contributed by atoms with van der Waals surface area (Å²) in [6, 6.07) is 0. The fraction of sp³-hybridized carbons (Fsp3) is 0.957. The number of halogens is 1. The summed E-state index contributed by atoms with van der Waals surface area (Å²) in [5.41, 5.74) is 0.655. The highest BCUT2D eigenvalue weighted by Crippen LogP contribution is 2.97. The molecule has 0 amide bonds. The maximum atomic E-state index is 13.0. The van der Waals surface area contributed by atoms with Crippen molar-refractivity contribution in [3.05, 3.63) is 0 Å². The minimum Gasteiger partial charge on any atom is -0.347 e. The van der Waals surface area contributed by atoms with Crippen LogP contribution < -0.4 is 0 Å². The number of hydrogen-bond donors (Lipinski definition) is 0. The minimum absolute atomic E-state index is 0.0627. The summed E-state index contributed by atoms with van der Waals surface area (Å²) in [6.07, 6.45) is 8.17. The lowest BCUT2D eigenvalue weighted by molar-refractivity contribution is -0.234. The van der Waals surface area contributed by atoms with Gasteiger partial charge in [0.2, 0.25) is 0 Å². The molecule has 1 saturated heterocycles. The highest BCUT2D eigenvalue weighted by Gasteiger charge is 2.97. The van der Waals surface area contributed by atoms with E-state index in [0.717, 1.165) is 72.4 Å². The summed E-state index contributed by atoms with van der Waals surface area (Å²) in [5.74, 6) is 7.08. The Balaban J connectivity index is 1.25. The lowest BCUT2D eigenvalue weighted by Crippen LogP contribution is -2.56. The lowest BCUT2D eigenvalue weighted by atomic mass is 9.46. The third kappa shape index (κ3) is 1.68. The average Bonchev–Trinajstić information content (AvgIpc) is 3.40. The fourth-order valence-electron chi connectivity index (χ4n) is 10.4. The van der Waals surface area contributed by atoms with Crippen LogP contribution >= 0.6 is 22.6 Å². The van der Waals surface area contributed by atoms with Gasteiger partial charge in [0.25, 0.3) is 0 Å². The van der Waals surface area contributed by atoms with Crippen molar-refractivity contribution in [3.63, 3.8) is 0 Å². The van der Waals surface area contributed by atoms with Crippen LogP contribution in [0.5, 0.6) is 0 Å². The van der Waals surface area contributed by atoms with E-state index in [4.69, 9.17) is 9.47 Å². The average molecular weight is 482 g/mol. The number of alkyl halides is 1. The molecule has 0 aromatic carbocycles. The van der Waals surface area contributed by atoms with E-state index in [2.05, 4.69) is 29.5 Å². The molecule has 7 aliphatic rings. The Bertz CT molecular complexity index is 716. The molecule has 6 saturated carbocycles. The second kappa shape index (κ2) is 5.14. The monoisotopic (exact) mass is 482 g/mol. The molecule has 0 aromatic rings. The van der Waals surface area contributed by atoms with E-state index in [-0.39, 0.29) is 11.2 Å². The first-order valence-electron chi connectivity index (χ1n) is 11.5. The number of carbonyl (C=O) groups is 1. The molecule has 6 aliphatic carbocycles. The van der Waals surface area contributed by atoms with Crippen LogP contribution in [0.3, 0.4) is 0 Å². The summed E-state index contributed by atoms with van der Waals surface area (Å²) in [5, 5.41) is 0. The summed E-state index contributed by atoms with van der Waals surface area (Å²) in [7, 11) is 0. The van der Waals surface area contributed by atoms with Crippen molar-refractivity contribution in [1.82, 2.24) is 0 Å². The molecule has 7 fully saturated rings. The molecule has 0 aromatic heterocycles. The van der Waals surface area contributed by atoms with E-state index < -0.39 is 0 Å². The van der Waals surface area contributed by atoms with Crippen LogP contribution in [0, 0.1) is 58.2 Å². The van der Waals surface area contributed by atoms with Gasteiger partial charge in [0.15, 0.2) is 5.79 Å². The van der Waals surface area contributed by atoms with Crippen molar-refractivity contribution in [2.24, 2.45) is 58.2 Å². The van der Waals surface area contributed by atoms with Gasteiger partial charge in [0.05, 0.1) is 13.2 Å². The fourth-order valence-corrected chi connectivity index (χ4v) is 11.4. The third-order valence-corrected chi connectivity index (χ3v) is 11.5. The molecule has 148 valence electrons. The molecule has 0 radical (unpaired) electrons. The number of hydrogen-bond acceptors (Lipinski definition) is 3. The van der Waals surface area contributed by atoms with Crippen molar-refractivity contribution in [2.75, 3.05) is 17.6 Å². The maximum absolute atomic E-state index is 13.0. The van der Waals surface area contributed by atoms with E-state index in [9.17, 15) is 4.79 Å². The zero-order valence-corrected chi connectivity index (χ0v) is 18.5. The molecule has 3 nitrogen and oxygen atoms in total. The molecular formula is C23H31IO3. The predicted molar refractivity (Wildman–Crippen MR) is 109 cm³/mol. The van der Waals surface area contributed by atoms with Crippen molar-refractivity contribution in [2.45, 2.75) is 57.7 Å². The number of ether oxygens (including phenoxy) is 2. The first-order chi connectivity index (χ1) is 13.1. The van der Waals surface area contributed by atoms with Crippen molar-refractivity contribution in [3.8, 4) is 0 Å². The third-order valence-electron chi connectivity index (χ3n) is 11.0. The highest BCUT2D eigenvalue weighted by molar-refractivity contribution is 14.1. The van der Waals surface area contributed by atoms with Gasteiger partial charge in [0.1, 0.15) is 5.78 Å². The van der Waals surface area contributed by atoms with Crippen LogP contribution in [0.2, 0.25) is 0 Å². The quantitative estimate of drug-likeness (QED) is 0.431. The van der Waals surface area contributed by atoms with Gasteiger partial charge in [-0.2, -0.15) is 0 Å². The maximum Gasteiger partial charge on any atom is 0.172 e. The van der Waals surface area contributed by atoms with E-state index >= 15 is 0 Å². The van der Waals surface area contributed by atoms with E-state index in [1.807, 2.05) is 0 Å². The van der Waals surface area contributed by atoms with Crippen molar-refractivity contribution < 1.29 is 14.3 Å². The number of ketones is 1. The SMILES string of the molecule is C[C@H]1C2C(CCC3(CCI)C(=O)CCC23)C2CCC3(OCCO3)C3C4C1[C@]243. The van der Waals surface area contributed by atoms with Gasteiger partial charge in [-0.3, -0.25) is 4.79 Å². The van der Waals surface area contributed by atoms with E-state index in [1.54, 1.807) is 0 Å². The Kier molecular flexibility index (Phi) is 3.24. The normalized spacial score (nSPS) is 61.2. The zero-order valence-electron chi connectivity index (χ0n) is 16.3. The molecule has 1 aliphatic heterocycles. The van der Waals surface area contributed by atoms with Crippen LogP contribution in [-0.4, -0.2) is 29.2 Å². The van der Waals surface area contributed by atoms with Crippen LogP contribution in [0.15, 0.2) is 0 Å². The number of carbonyl (C=O) groups excluding carboxylic acids is 1. The van der Waals surface area contributed by atoms with Gasteiger partial charge < -0.3 is 9.47 Å². The Morgan fingerprint density at radius 2 is 1.89 bits per heavy atom. The molecule has 0 N–H and O–H groups in total. The summed E-state index contributed by atoms with van der Waals surface area (Å²) in [6.45, 7) is 4.18. The first-order valence-corrected chi connectivity index (χ1v) is 13.0. The Hall–Kier alpha value is 0.320. The lowest BCUT2D eigenvalue weighted by Gasteiger charge is -2.59. The van der Waals surface area contributed by atoms with Gasteiger partial charge in [-0.1, -0.05) is 29.5 Å². The molecule has 0 bridgehead atoms. The first kappa shape index (κ1) is 17.0. The van der Waals surface area contributed by atoms with Crippen LogP contribution in [0.4, 0.5) is 0 Å². The van der Waals surface area contributed by atoms with Gasteiger partial charge in [-0.15, -0.1) is 0 Å². The molecule has 27 heavy (non-hydrogen) atoms. The molecule has 2 spiro atoms. The smallest absolute Gasteiger partial charge is 0.172 e. The molecule has 1 heterocycles. The standard InChI is InChI=1S/C23H31IO3/c1-12-17-13(4-6-21(8-9-24)15(17)2-3-16(21)25)14-5-7-22(26-10-11-27-22)20-19-18(12)23(14,19)20/h12-15,17-20H,2-11H2,1H3/t12-,13?,14?,15?,17?,18?,19?,20?,21?,23+/m0/s1. The number of rotatable bonds is 2. The van der Waals surface area contributed by atoms with Crippen LogP contribution in [-0.2, 0) is 14.3 Å². The van der Waals surface area contributed by atoms with Gasteiger partial charge >= 0.3 is 0 Å². The van der Waals surface area contributed by atoms with E-state index in [1.165, 1.54) is 25.7 Å². The number of Topliss-reactive ketones (excluding diaryl/α,β-unsaturated/α-hetero) is 1. The van der Waals surface area contributed by atoms with Crippen LogP contribution in [0.25, 0.3) is 0 Å². The second-order valence-corrected chi connectivity index (χ2v) is 12.1. The predicted octanol–water partition coefficient (Wildman–Crippen LogP) is 4.47. The summed E-state index contributed by atoms with van der Waals surface area (Å²) in [4.78, 5) is 13.0. The molecule has 10 atom stereocenters. The van der Waals surface area contributed by atoms with Gasteiger partial charge in [-0.05, 0) is 78.9 Å². The molecule has 8 unspecified atom stereocenters. The van der Waals surface area contributed by atoms with Gasteiger partial charge in [0, 0.05) is 28.6 Å². The van der Waals surface area contributed by atoms with Gasteiger partial charge in [-0.25, -0.2) is 0 Å². The minimum atomic E-state index is -0.187.